The van der Waals surface area contributed by atoms with Crippen LogP contribution in [0.5, 0.6) is 0 Å². The van der Waals surface area contributed by atoms with Gasteiger partial charge in [-0.25, -0.2) is 13.4 Å². The Kier molecular flexibility index (Phi) is 4.80. The first-order valence-corrected chi connectivity index (χ1v) is 8.33. The fourth-order valence-corrected chi connectivity index (χ4v) is 3.01. The quantitative estimate of drug-likeness (QED) is 0.857. The molecule has 0 saturated heterocycles. The summed E-state index contributed by atoms with van der Waals surface area (Å²) in [6.45, 7) is 4.23. The van der Waals surface area contributed by atoms with Crippen LogP contribution in [0.4, 0.5) is 5.82 Å². The van der Waals surface area contributed by atoms with E-state index in [0.29, 0.717) is 5.92 Å². The molecule has 0 fully saturated rings. The van der Waals surface area contributed by atoms with E-state index < -0.39 is 10.0 Å². The highest BCUT2D eigenvalue weighted by Crippen LogP contribution is 2.17. The molecule has 1 N–H and O–H groups in total. The Hall–Kier alpha value is -1.66. The average molecular weight is 326 g/mol. The van der Waals surface area contributed by atoms with Crippen LogP contribution in [0, 0.1) is 5.92 Å². The molecule has 0 unspecified atom stereocenters. The lowest BCUT2D eigenvalue weighted by Crippen LogP contribution is -2.14. The van der Waals surface area contributed by atoms with Crippen LogP contribution in [-0.4, -0.2) is 18.4 Å². The normalized spacial score (nSPS) is 11.6. The highest BCUT2D eigenvalue weighted by Gasteiger charge is 2.15. The van der Waals surface area contributed by atoms with Crippen molar-refractivity contribution in [1.29, 1.82) is 0 Å². The smallest absolute Gasteiger partial charge is 0.263 e. The van der Waals surface area contributed by atoms with E-state index in [-0.39, 0.29) is 16.0 Å². The van der Waals surface area contributed by atoms with Gasteiger partial charge in [-0.2, -0.15) is 4.98 Å². The van der Waals surface area contributed by atoms with E-state index >= 15 is 0 Å². The summed E-state index contributed by atoms with van der Waals surface area (Å²) >= 11 is 5.63. The number of nitrogens with one attached hydrogen (secondary N) is 1. The first-order valence-electron chi connectivity index (χ1n) is 6.47. The van der Waals surface area contributed by atoms with Crippen molar-refractivity contribution in [2.75, 3.05) is 4.72 Å². The summed E-state index contributed by atoms with van der Waals surface area (Å²) < 4.78 is 26.8. The van der Waals surface area contributed by atoms with Crippen LogP contribution in [0.15, 0.2) is 41.4 Å². The summed E-state index contributed by atoms with van der Waals surface area (Å²) in [4.78, 5) is 7.69. The fraction of sp³-hybridized carbons (Fsp3) is 0.286. The topological polar surface area (TPSA) is 72.0 Å². The molecule has 0 bridgehead atoms. The van der Waals surface area contributed by atoms with E-state index in [4.69, 9.17) is 11.6 Å². The minimum absolute atomic E-state index is 0.0116. The van der Waals surface area contributed by atoms with Gasteiger partial charge >= 0.3 is 0 Å². The number of anilines is 1. The third-order valence-corrected chi connectivity index (χ3v) is 4.30. The van der Waals surface area contributed by atoms with Crippen molar-refractivity contribution < 1.29 is 8.42 Å². The number of benzene rings is 1. The molecule has 2 rings (SSSR count). The summed E-state index contributed by atoms with van der Waals surface area (Å²) in [5.41, 5.74) is 1.11. The molecular formula is C14H16ClN3O2S. The molecule has 112 valence electrons. The summed E-state index contributed by atoms with van der Waals surface area (Å²) in [5.74, 6) is 0.662. The number of halogens is 1. The molecule has 0 saturated carbocycles. The zero-order valence-corrected chi connectivity index (χ0v) is 13.3. The van der Waals surface area contributed by atoms with E-state index in [1.165, 1.54) is 12.3 Å². The third-order valence-electron chi connectivity index (χ3n) is 2.74. The van der Waals surface area contributed by atoms with Gasteiger partial charge in [-0.3, -0.25) is 4.72 Å². The van der Waals surface area contributed by atoms with E-state index in [2.05, 4.69) is 28.5 Å². The number of hydrogen-bond acceptors (Lipinski definition) is 4. The Morgan fingerprint density at radius 3 is 2.43 bits per heavy atom. The molecule has 0 spiro atoms. The second-order valence-corrected chi connectivity index (χ2v) is 7.08. The van der Waals surface area contributed by atoms with Crippen LogP contribution < -0.4 is 4.72 Å². The molecule has 1 aromatic heterocycles. The molecule has 0 aliphatic rings. The molecule has 0 aliphatic heterocycles. The monoisotopic (exact) mass is 325 g/mol. The lowest BCUT2D eigenvalue weighted by molar-refractivity contribution is 0.601. The molecule has 0 radical (unpaired) electrons. The largest absolute Gasteiger partial charge is 0.263 e. The van der Waals surface area contributed by atoms with Gasteiger partial charge in [0.15, 0.2) is 0 Å². The minimum atomic E-state index is -3.67. The van der Waals surface area contributed by atoms with Crippen LogP contribution in [-0.2, 0) is 16.4 Å². The zero-order chi connectivity index (χ0) is 15.5. The van der Waals surface area contributed by atoms with Gasteiger partial charge in [0.2, 0.25) is 5.28 Å². The van der Waals surface area contributed by atoms with E-state index in [1.807, 2.05) is 12.1 Å². The third kappa shape index (κ3) is 4.41. The molecule has 21 heavy (non-hydrogen) atoms. The van der Waals surface area contributed by atoms with E-state index in [1.54, 1.807) is 12.1 Å². The summed E-state index contributed by atoms with van der Waals surface area (Å²) in [6.07, 6.45) is 2.30. The van der Waals surface area contributed by atoms with Crippen molar-refractivity contribution in [1.82, 2.24) is 9.97 Å². The standard InChI is InChI=1S/C14H16ClN3O2S/c1-10(2)9-11-3-5-12(6-4-11)21(19,20)18-13-7-8-16-14(15)17-13/h3-8,10H,9H2,1-2H3,(H,16,17,18). The molecule has 5 nitrogen and oxygen atoms in total. The Balaban J connectivity index is 2.19. The van der Waals surface area contributed by atoms with Crippen LogP contribution in [0.2, 0.25) is 5.28 Å². The number of hydrogen-bond donors (Lipinski definition) is 1. The lowest BCUT2D eigenvalue weighted by Gasteiger charge is -2.09. The Morgan fingerprint density at radius 1 is 1.19 bits per heavy atom. The second kappa shape index (κ2) is 6.41. The molecule has 7 heteroatoms. The van der Waals surface area contributed by atoms with Gasteiger partial charge in [-0.1, -0.05) is 26.0 Å². The number of sulfonamides is 1. The summed E-state index contributed by atoms with van der Waals surface area (Å²) in [5, 5.41) is -0.0116. The van der Waals surface area contributed by atoms with Gasteiger partial charge in [-0.05, 0) is 47.7 Å². The van der Waals surface area contributed by atoms with Gasteiger partial charge in [0.05, 0.1) is 4.90 Å². The maximum Gasteiger partial charge on any atom is 0.263 e. The number of nitrogens with zero attached hydrogens (tertiary/aromatic N) is 2. The van der Waals surface area contributed by atoms with Crippen molar-refractivity contribution in [2.24, 2.45) is 5.92 Å². The summed E-state index contributed by atoms with van der Waals surface area (Å²) in [6, 6.07) is 8.26. The maximum atomic E-state index is 12.2. The van der Waals surface area contributed by atoms with Crippen molar-refractivity contribution in [3.8, 4) is 0 Å². The van der Waals surface area contributed by atoms with Gasteiger partial charge in [0.1, 0.15) is 5.82 Å². The first-order chi connectivity index (χ1) is 9.87. The fourth-order valence-electron chi connectivity index (χ4n) is 1.86. The highest BCUT2D eigenvalue weighted by molar-refractivity contribution is 7.92. The molecule has 2 aromatic rings. The number of aromatic nitrogens is 2. The van der Waals surface area contributed by atoms with Gasteiger partial charge in [0.25, 0.3) is 10.0 Å². The van der Waals surface area contributed by atoms with Crippen LogP contribution in [0.25, 0.3) is 0 Å². The van der Waals surface area contributed by atoms with Gasteiger partial charge < -0.3 is 0 Å². The first kappa shape index (κ1) is 15.7. The Labute approximate surface area is 129 Å². The van der Waals surface area contributed by atoms with Crippen molar-refractivity contribution in [3.05, 3.63) is 47.4 Å². The molecular weight excluding hydrogens is 310 g/mol. The molecule has 0 amide bonds. The molecule has 1 heterocycles. The van der Waals surface area contributed by atoms with Crippen LogP contribution in [0.1, 0.15) is 19.4 Å². The highest BCUT2D eigenvalue weighted by atomic mass is 35.5. The Bertz CT molecular complexity index is 715. The predicted molar refractivity (Wildman–Crippen MR) is 82.8 cm³/mol. The minimum Gasteiger partial charge on any atom is -0.263 e. The summed E-state index contributed by atoms with van der Waals surface area (Å²) in [7, 11) is -3.67. The van der Waals surface area contributed by atoms with Gasteiger partial charge in [-0.15, -0.1) is 0 Å². The van der Waals surface area contributed by atoms with Crippen molar-refractivity contribution >= 4 is 27.4 Å². The van der Waals surface area contributed by atoms with Gasteiger partial charge in [0, 0.05) is 6.20 Å². The SMILES string of the molecule is CC(C)Cc1ccc(S(=O)(=O)Nc2ccnc(Cl)n2)cc1. The lowest BCUT2D eigenvalue weighted by atomic mass is 10.0. The van der Waals surface area contributed by atoms with Crippen LogP contribution in [0.3, 0.4) is 0 Å². The maximum absolute atomic E-state index is 12.2. The van der Waals surface area contributed by atoms with Crippen molar-refractivity contribution in [2.45, 2.75) is 25.2 Å². The molecule has 1 aromatic carbocycles. The second-order valence-electron chi connectivity index (χ2n) is 5.06. The Morgan fingerprint density at radius 2 is 1.86 bits per heavy atom. The zero-order valence-electron chi connectivity index (χ0n) is 11.7. The van der Waals surface area contributed by atoms with Crippen LogP contribution >= 0.6 is 11.6 Å². The molecule has 0 aliphatic carbocycles. The average Bonchev–Trinajstić information content (AvgIpc) is 2.38. The van der Waals surface area contributed by atoms with Crippen molar-refractivity contribution in [3.63, 3.8) is 0 Å². The van der Waals surface area contributed by atoms with E-state index in [0.717, 1.165) is 12.0 Å². The number of rotatable bonds is 5. The molecule has 0 atom stereocenters. The van der Waals surface area contributed by atoms with E-state index in [9.17, 15) is 8.42 Å². The predicted octanol–water partition coefficient (Wildman–Crippen LogP) is 3.13.